The molecule has 1 aliphatic rings. The average Bonchev–Trinajstić information content (AvgIpc) is 2.73. The first-order valence-electron chi connectivity index (χ1n) is 8.81. The number of pyridine rings is 1. The number of hydrogen-bond donors (Lipinski definition) is 1. The number of benzene rings is 1. The molecule has 1 aliphatic heterocycles. The van der Waals surface area contributed by atoms with Crippen molar-refractivity contribution in [2.24, 2.45) is 0 Å². The molecule has 0 bridgehead atoms. The lowest BCUT2D eigenvalue weighted by atomic mass is 10.1. The molecular formula is C20H19N5O3. The number of amides is 3. The van der Waals surface area contributed by atoms with Crippen LogP contribution in [0.3, 0.4) is 0 Å². The van der Waals surface area contributed by atoms with Crippen LogP contribution in [0.2, 0.25) is 0 Å². The van der Waals surface area contributed by atoms with Gasteiger partial charge in [-0.15, -0.1) is 0 Å². The minimum atomic E-state index is -0.501. The number of aromatic nitrogens is 1. The van der Waals surface area contributed by atoms with Crippen molar-refractivity contribution in [1.29, 1.82) is 5.26 Å². The van der Waals surface area contributed by atoms with E-state index in [-0.39, 0.29) is 17.5 Å². The molecule has 0 saturated carbocycles. The number of piperazine rings is 1. The normalized spacial score (nSPS) is 13.6. The summed E-state index contributed by atoms with van der Waals surface area (Å²) in [6.45, 7) is 3.38. The average molecular weight is 377 g/mol. The Bertz CT molecular complexity index is 958. The van der Waals surface area contributed by atoms with Crippen LogP contribution in [-0.2, 0) is 4.79 Å². The Morgan fingerprint density at radius 3 is 2.43 bits per heavy atom. The molecule has 0 spiro atoms. The highest BCUT2D eigenvalue weighted by Gasteiger charge is 2.24. The third-order valence-corrected chi connectivity index (χ3v) is 4.55. The zero-order valence-corrected chi connectivity index (χ0v) is 15.4. The van der Waals surface area contributed by atoms with Gasteiger partial charge in [-0.25, -0.2) is 0 Å². The Morgan fingerprint density at radius 2 is 1.75 bits per heavy atom. The molecule has 28 heavy (non-hydrogen) atoms. The number of hydrogen-bond acceptors (Lipinski definition) is 5. The van der Waals surface area contributed by atoms with Gasteiger partial charge in [0.25, 0.3) is 11.8 Å². The van der Waals surface area contributed by atoms with Gasteiger partial charge in [-0.3, -0.25) is 19.4 Å². The number of anilines is 1. The van der Waals surface area contributed by atoms with Crippen LogP contribution in [0.5, 0.6) is 0 Å². The SMILES string of the molecule is CC(=O)N1CCN(C(=O)c2ccnc(C(=O)Nc3ccccc3C#N)c2)CC1. The van der Waals surface area contributed by atoms with Crippen LogP contribution in [0.1, 0.15) is 33.3 Å². The van der Waals surface area contributed by atoms with Crippen LogP contribution >= 0.6 is 0 Å². The molecule has 2 aromatic rings. The predicted molar refractivity (Wildman–Crippen MR) is 102 cm³/mol. The number of carbonyl (C=O) groups excluding carboxylic acids is 3. The summed E-state index contributed by atoms with van der Waals surface area (Å²) in [4.78, 5) is 44.0. The second-order valence-electron chi connectivity index (χ2n) is 6.34. The minimum absolute atomic E-state index is 0.00684. The largest absolute Gasteiger partial charge is 0.339 e. The second kappa shape index (κ2) is 8.31. The van der Waals surface area contributed by atoms with E-state index in [0.29, 0.717) is 43.0 Å². The van der Waals surface area contributed by atoms with E-state index in [4.69, 9.17) is 5.26 Å². The lowest BCUT2D eigenvalue weighted by Gasteiger charge is -2.34. The highest BCUT2D eigenvalue weighted by molar-refractivity contribution is 6.05. The molecule has 1 fully saturated rings. The predicted octanol–water partition coefficient (Wildman–Crippen LogP) is 1.51. The van der Waals surface area contributed by atoms with E-state index in [1.807, 2.05) is 6.07 Å². The van der Waals surface area contributed by atoms with Crippen molar-refractivity contribution in [2.45, 2.75) is 6.92 Å². The zero-order chi connectivity index (χ0) is 20.1. The Morgan fingerprint density at radius 1 is 1.07 bits per heavy atom. The fraction of sp³-hybridized carbons (Fsp3) is 0.250. The maximum absolute atomic E-state index is 12.7. The van der Waals surface area contributed by atoms with Gasteiger partial charge in [-0.1, -0.05) is 12.1 Å². The van der Waals surface area contributed by atoms with Gasteiger partial charge in [-0.2, -0.15) is 5.26 Å². The molecule has 0 aliphatic carbocycles. The van der Waals surface area contributed by atoms with E-state index < -0.39 is 5.91 Å². The van der Waals surface area contributed by atoms with Crippen LogP contribution < -0.4 is 5.32 Å². The van der Waals surface area contributed by atoms with Gasteiger partial charge < -0.3 is 15.1 Å². The Balaban J connectivity index is 1.72. The molecule has 1 aromatic carbocycles. The van der Waals surface area contributed by atoms with Crippen LogP contribution in [0.15, 0.2) is 42.6 Å². The summed E-state index contributed by atoms with van der Waals surface area (Å²) in [5, 5.41) is 11.8. The number of nitrogens with zero attached hydrogens (tertiary/aromatic N) is 4. The van der Waals surface area contributed by atoms with Gasteiger partial charge in [0.2, 0.25) is 5.91 Å². The number of rotatable bonds is 3. The standard InChI is InChI=1S/C20H19N5O3/c1-14(26)24-8-10-25(11-9-24)20(28)15-6-7-22-18(12-15)19(27)23-17-5-3-2-4-16(17)13-21/h2-7,12H,8-11H2,1H3,(H,23,27). The fourth-order valence-corrected chi connectivity index (χ4v) is 2.97. The summed E-state index contributed by atoms with van der Waals surface area (Å²) in [6.07, 6.45) is 1.41. The van der Waals surface area contributed by atoms with Gasteiger partial charge in [0.1, 0.15) is 11.8 Å². The molecule has 8 heteroatoms. The number of para-hydroxylation sites is 1. The molecule has 1 N–H and O–H groups in total. The number of nitriles is 1. The van der Waals surface area contributed by atoms with E-state index in [0.717, 1.165) is 0 Å². The maximum atomic E-state index is 12.7. The summed E-state index contributed by atoms with van der Waals surface area (Å²) in [5.74, 6) is -0.719. The van der Waals surface area contributed by atoms with Crippen molar-refractivity contribution >= 4 is 23.4 Å². The third-order valence-electron chi connectivity index (χ3n) is 4.55. The van der Waals surface area contributed by atoms with Gasteiger partial charge in [0.15, 0.2) is 0 Å². The maximum Gasteiger partial charge on any atom is 0.274 e. The van der Waals surface area contributed by atoms with E-state index in [9.17, 15) is 14.4 Å². The van der Waals surface area contributed by atoms with Gasteiger partial charge >= 0.3 is 0 Å². The highest BCUT2D eigenvalue weighted by atomic mass is 16.2. The first-order valence-corrected chi connectivity index (χ1v) is 8.81. The van der Waals surface area contributed by atoms with E-state index in [1.54, 1.807) is 40.1 Å². The van der Waals surface area contributed by atoms with Gasteiger partial charge in [0, 0.05) is 44.9 Å². The Kier molecular flexibility index (Phi) is 5.65. The molecule has 1 aromatic heterocycles. The van der Waals surface area contributed by atoms with Crippen molar-refractivity contribution in [3.8, 4) is 6.07 Å². The zero-order valence-electron chi connectivity index (χ0n) is 15.4. The van der Waals surface area contributed by atoms with E-state index in [2.05, 4.69) is 10.3 Å². The lowest BCUT2D eigenvalue weighted by Crippen LogP contribution is -2.50. The molecule has 0 atom stereocenters. The third kappa shape index (κ3) is 4.15. The van der Waals surface area contributed by atoms with Crippen LogP contribution in [0.25, 0.3) is 0 Å². The van der Waals surface area contributed by atoms with Crippen LogP contribution in [-0.4, -0.2) is 58.7 Å². The molecule has 3 amide bonds. The molecule has 142 valence electrons. The van der Waals surface area contributed by atoms with Crippen molar-refractivity contribution < 1.29 is 14.4 Å². The molecule has 1 saturated heterocycles. The number of nitrogens with one attached hydrogen (secondary N) is 1. The molecule has 0 radical (unpaired) electrons. The van der Waals surface area contributed by atoms with Crippen molar-refractivity contribution in [2.75, 3.05) is 31.5 Å². The summed E-state index contributed by atoms with van der Waals surface area (Å²) < 4.78 is 0. The lowest BCUT2D eigenvalue weighted by molar-refractivity contribution is -0.130. The minimum Gasteiger partial charge on any atom is -0.339 e. The van der Waals surface area contributed by atoms with E-state index >= 15 is 0 Å². The fourth-order valence-electron chi connectivity index (χ4n) is 2.97. The first kappa shape index (κ1) is 19.0. The summed E-state index contributed by atoms with van der Waals surface area (Å²) in [7, 11) is 0. The topological polar surface area (TPSA) is 106 Å². The number of carbonyl (C=O) groups is 3. The van der Waals surface area contributed by atoms with Gasteiger partial charge in [-0.05, 0) is 24.3 Å². The van der Waals surface area contributed by atoms with Gasteiger partial charge in [0.05, 0.1) is 11.3 Å². The second-order valence-corrected chi connectivity index (χ2v) is 6.34. The molecule has 3 rings (SSSR count). The molecule has 0 unspecified atom stereocenters. The summed E-state index contributed by atoms with van der Waals surface area (Å²) >= 11 is 0. The molecular weight excluding hydrogens is 358 g/mol. The van der Waals surface area contributed by atoms with Crippen molar-refractivity contribution in [3.05, 3.63) is 59.4 Å². The van der Waals surface area contributed by atoms with Crippen LogP contribution in [0, 0.1) is 11.3 Å². The van der Waals surface area contributed by atoms with Crippen molar-refractivity contribution in [3.63, 3.8) is 0 Å². The Hall–Kier alpha value is -3.73. The summed E-state index contributed by atoms with van der Waals surface area (Å²) in [5.41, 5.74) is 1.16. The summed E-state index contributed by atoms with van der Waals surface area (Å²) in [6, 6.07) is 11.6. The highest BCUT2D eigenvalue weighted by Crippen LogP contribution is 2.15. The monoisotopic (exact) mass is 377 g/mol. The Labute approximate surface area is 162 Å². The quantitative estimate of drug-likeness (QED) is 0.873. The smallest absolute Gasteiger partial charge is 0.274 e. The molecule has 2 heterocycles. The first-order chi connectivity index (χ1) is 13.5. The van der Waals surface area contributed by atoms with Crippen molar-refractivity contribution in [1.82, 2.24) is 14.8 Å². The van der Waals surface area contributed by atoms with Crippen LogP contribution in [0.4, 0.5) is 5.69 Å². The van der Waals surface area contributed by atoms with E-state index in [1.165, 1.54) is 19.2 Å². The molecule has 8 nitrogen and oxygen atoms in total.